The van der Waals surface area contributed by atoms with Gasteiger partial charge in [-0.05, 0) is 37.0 Å². The Hall–Kier alpha value is -1.06. The third kappa shape index (κ3) is 2.58. The molecule has 21 heavy (non-hydrogen) atoms. The molecule has 2 aliphatic carbocycles. The van der Waals surface area contributed by atoms with Crippen LogP contribution in [0.4, 0.5) is 0 Å². The Morgan fingerprint density at radius 3 is 2.38 bits per heavy atom. The number of rotatable bonds is 2. The topological polar surface area (TPSA) is 46.6 Å². The van der Waals surface area contributed by atoms with Crippen molar-refractivity contribution in [2.24, 2.45) is 22.7 Å². The first-order chi connectivity index (χ1) is 9.70. The molecule has 2 saturated carbocycles. The molecular formula is C17H27NO3. The van der Waals surface area contributed by atoms with Crippen molar-refractivity contribution < 1.29 is 14.3 Å². The molecule has 4 heteroatoms. The first kappa shape index (κ1) is 14.9. The summed E-state index contributed by atoms with van der Waals surface area (Å²) in [6.07, 6.45) is 4.43. The van der Waals surface area contributed by atoms with Gasteiger partial charge in [-0.2, -0.15) is 0 Å². The molecule has 118 valence electrons. The summed E-state index contributed by atoms with van der Waals surface area (Å²) >= 11 is 0. The molecule has 0 aromatic rings. The number of nitrogens with zero attached hydrogens (tertiary/aromatic N) is 1. The second-order valence-corrected chi connectivity index (χ2v) is 8.58. The van der Waals surface area contributed by atoms with Gasteiger partial charge < -0.3 is 9.64 Å². The number of amides is 1. The first-order valence-electron chi connectivity index (χ1n) is 8.12. The summed E-state index contributed by atoms with van der Waals surface area (Å²) in [6.45, 7) is 7.36. The molecule has 0 bridgehead atoms. The van der Waals surface area contributed by atoms with Crippen molar-refractivity contribution in [1.82, 2.24) is 4.90 Å². The van der Waals surface area contributed by atoms with Crippen LogP contribution in [0.15, 0.2) is 0 Å². The van der Waals surface area contributed by atoms with E-state index in [1.54, 1.807) is 0 Å². The van der Waals surface area contributed by atoms with Crippen LogP contribution in [-0.2, 0) is 14.3 Å². The predicted octanol–water partition coefficient (Wildman–Crippen LogP) is 2.61. The van der Waals surface area contributed by atoms with Crippen LogP contribution in [-0.4, -0.2) is 36.5 Å². The Balaban J connectivity index is 1.48. The molecule has 0 unspecified atom stereocenters. The molecule has 0 atom stereocenters. The van der Waals surface area contributed by atoms with Crippen LogP contribution in [0.3, 0.4) is 0 Å². The quantitative estimate of drug-likeness (QED) is 0.735. The molecular weight excluding hydrogens is 266 g/mol. The van der Waals surface area contributed by atoms with Crippen LogP contribution in [0, 0.1) is 22.7 Å². The Bertz CT molecular complexity index is 453. The summed E-state index contributed by atoms with van der Waals surface area (Å²) < 4.78 is 5.07. The third-order valence-electron chi connectivity index (χ3n) is 6.00. The smallest absolute Gasteiger partial charge is 0.306 e. The van der Waals surface area contributed by atoms with Crippen LogP contribution in [0.5, 0.6) is 0 Å². The Kier molecular flexibility index (Phi) is 3.34. The fraction of sp³-hybridized carbons (Fsp3) is 0.882. The Morgan fingerprint density at radius 1 is 1.29 bits per heavy atom. The number of carbonyl (C=O) groups is 2. The van der Waals surface area contributed by atoms with Gasteiger partial charge in [-0.15, -0.1) is 0 Å². The molecule has 0 radical (unpaired) electrons. The normalized spacial score (nSPS) is 38.7. The van der Waals surface area contributed by atoms with Crippen molar-refractivity contribution in [3.63, 3.8) is 0 Å². The first-order valence-corrected chi connectivity index (χ1v) is 8.12. The highest BCUT2D eigenvalue weighted by Gasteiger charge is 2.54. The fourth-order valence-corrected chi connectivity index (χ4v) is 4.14. The van der Waals surface area contributed by atoms with Crippen molar-refractivity contribution in [3.05, 3.63) is 0 Å². The zero-order chi connectivity index (χ0) is 15.4. The summed E-state index contributed by atoms with van der Waals surface area (Å²) in [5, 5.41) is 0. The summed E-state index contributed by atoms with van der Waals surface area (Å²) in [4.78, 5) is 25.7. The van der Waals surface area contributed by atoms with E-state index in [4.69, 9.17) is 4.74 Å². The maximum Gasteiger partial charge on any atom is 0.306 e. The lowest BCUT2D eigenvalue weighted by atomic mass is 9.60. The summed E-state index contributed by atoms with van der Waals surface area (Å²) in [6, 6.07) is 0.416. The third-order valence-corrected chi connectivity index (χ3v) is 6.00. The van der Waals surface area contributed by atoms with Crippen molar-refractivity contribution in [2.75, 3.05) is 13.7 Å². The van der Waals surface area contributed by atoms with Crippen LogP contribution >= 0.6 is 0 Å². The van der Waals surface area contributed by atoms with Crippen molar-refractivity contribution in [2.45, 2.75) is 58.9 Å². The lowest BCUT2D eigenvalue weighted by Gasteiger charge is -2.50. The number of cyclic esters (lactones) is 1. The molecule has 3 rings (SSSR count). The van der Waals surface area contributed by atoms with E-state index in [0.717, 1.165) is 31.6 Å². The number of esters is 1. The Morgan fingerprint density at radius 2 is 1.90 bits per heavy atom. The summed E-state index contributed by atoms with van der Waals surface area (Å²) in [5.41, 5.74) is 0.342. The molecule has 1 heterocycles. The van der Waals surface area contributed by atoms with Crippen LogP contribution in [0.1, 0.15) is 52.9 Å². The molecule has 0 N–H and O–H groups in total. The molecule has 4 nitrogen and oxygen atoms in total. The molecule has 1 amide bonds. The van der Waals surface area contributed by atoms with Gasteiger partial charge in [-0.3, -0.25) is 9.59 Å². The van der Waals surface area contributed by atoms with E-state index in [-0.39, 0.29) is 23.2 Å². The largest absolute Gasteiger partial charge is 0.465 e. The highest BCUT2D eigenvalue weighted by Crippen LogP contribution is 2.52. The number of carbonyl (C=O) groups excluding carboxylic acids is 2. The second-order valence-electron chi connectivity index (χ2n) is 8.58. The van der Waals surface area contributed by atoms with Gasteiger partial charge in [-0.25, -0.2) is 0 Å². The van der Waals surface area contributed by atoms with Gasteiger partial charge in [-0.1, -0.05) is 20.8 Å². The zero-order valence-electron chi connectivity index (χ0n) is 13.6. The Labute approximate surface area is 127 Å². The number of hydrogen-bond donors (Lipinski definition) is 0. The van der Waals surface area contributed by atoms with Crippen molar-refractivity contribution >= 4 is 11.9 Å². The maximum absolute atomic E-state index is 12.5. The summed E-state index contributed by atoms with van der Waals surface area (Å²) in [5.74, 6) is 1.02. The van der Waals surface area contributed by atoms with E-state index >= 15 is 0 Å². The van der Waals surface area contributed by atoms with Gasteiger partial charge in [0.2, 0.25) is 5.91 Å². The zero-order valence-corrected chi connectivity index (χ0v) is 13.6. The second kappa shape index (κ2) is 4.72. The minimum atomic E-state index is -0.0961. The van der Waals surface area contributed by atoms with Gasteiger partial charge in [0.15, 0.2) is 0 Å². The van der Waals surface area contributed by atoms with Crippen LogP contribution < -0.4 is 0 Å². The van der Waals surface area contributed by atoms with Gasteiger partial charge >= 0.3 is 5.97 Å². The van der Waals surface area contributed by atoms with Gasteiger partial charge in [0.05, 0.1) is 13.0 Å². The minimum Gasteiger partial charge on any atom is -0.465 e. The average molecular weight is 293 g/mol. The van der Waals surface area contributed by atoms with Gasteiger partial charge in [0.1, 0.15) is 0 Å². The van der Waals surface area contributed by atoms with Gasteiger partial charge in [0.25, 0.3) is 0 Å². The highest BCUT2D eigenvalue weighted by molar-refractivity contribution is 5.81. The molecule has 3 aliphatic rings. The molecule has 1 aliphatic heterocycles. The van der Waals surface area contributed by atoms with E-state index < -0.39 is 0 Å². The molecule has 0 aromatic heterocycles. The van der Waals surface area contributed by atoms with E-state index in [2.05, 4.69) is 20.8 Å². The monoisotopic (exact) mass is 293 g/mol. The highest BCUT2D eigenvalue weighted by atomic mass is 16.5. The van der Waals surface area contributed by atoms with Crippen molar-refractivity contribution in [3.8, 4) is 0 Å². The van der Waals surface area contributed by atoms with Crippen LogP contribution in [0.25, 0.3) is 0 Å². The average Bonchev–Trinajstić information content (AvgIpc) is 2.64. The van der Waals surface area contributed by atoms with Gasteiger partial charge in [0, 0.05) is 24.4 Å². The van der Waals surface area contributed by atoms with Crippen molar-refractivity contribution in [1.29, 1.82) is 0 Å². The fourth-order valence-electron chi connectivity index (χ4n) is 4.14. The van der Waals surface area contributed by atoms with E-state index in [1.165, 1.54) is 0 Å². The van der Waals surface area contributed by atoms with E-state index in [9.17, 15) is 9.59 Å². The minimum absolute atomic E-state index is 0.00813. The molecule has 3 fully saturated rings. The summed E-state index contributed by atoms with van der Waals surface area (Å²) in [7, 11) is 1.95. The molecule has 1 saturated heterocycles. The predicted molar refractivity (Wildman–Crippen MR) is 79.5 cm³/mol. The number of hydrogen-bond acceptors (Lipinski definition) is 3. The molecule has 0 aromatic carbocycles. The standard InChI is InChI=1S/C17H27NO3/c1-16(2,3)12-5-13(6-12)18(4)15(20)11-7-17(8-11)9-14(19)21-10-17/h11-13H,5-10H2,1-4H3. The number of ether oxygens (including phenoxy) is 1. The lowest BCUT2D eigenvalue weighted by molar-refractivity contribution is -0.148. The SMILES string of the molecule is CN(C(=O)C1CC2(COC(=O)C2)C1)C1CC(C(C)(C)C)C1. The lowest BCUT2D eigenvalue weighted by Crippen LogP contribution is -2.53. The molecule has 1 spiro atoms. The van der Waals surface area contributed by atoms with E-state index in [0.29, 0.717) is 24.5 Å². The van der Waals surface area contributed by atoms with Crippen LogP contribution in [0.2, 0.25) is 0 Å². The van der Waals surface area contributed by atoms with E-state index in [1.807, 2.05) is 11.9 Å². The maximum atomic E-state index is 12.5.